The van der Waals surface area contributed by atoms with Gasteiger partial charge in [0.25, 0.3) is 0 Å². The zero-order valence-electron chi connectivity index (χ0n) is 5.61. The van der Waals surface area contributed by atoms with Crippen molar-refractivity contribution >= 4 is 0 Å². The maximum Gasteiger partial charge on any atom is 0.0227 e. The van der Waals surface area contributed by atoms with Gasteiger partial charge in [0.2, 0.25) is 0 Å². The Morgan fingerprint density at radius 1 is 1.33 bits per heavy atom. The Kier molecular flexibility index (Phi) is 2.60. The van der Waals surface area contributed by atoms with Crippen molar-refractivity contribution in [2.24, 2.45) is 5.92 Å². The van der Waals surface area contributed by atoms with Gasteiger partial charge < -0.3 is 5.32 Å². The third-order valence-corrected chi connectivity index (χ3v) is 1.65. The lowest BCUT2D eigenvalue weighted by atomic mass is 9.99. The molecular formula is C8H12N. The standard InChI is InChI=1S/C8H12N/c1-2-3-8-4-6-9-7-5-8/h8-9H,1,4-7H2. The first kappa shape index (κ1) is 6.64. The van der Waals surface area contributed by atoms with Crippen LogP contribution in [-0.4, -0.2) is 13.1 Å². The molecule has 1 fully saturated rings. The highest BCUT2D eigenvalue weighted by molar-refractivity contribution is 5.06. The largest absolute Gasteiger partial charge is 0.317 e. The zero-order chi connectivity index (χ0) is 6.53. The molecule has 0 bridgehead atoms. The molecule has 0 atom stereocenters. The molecule has 0 aromatic rings. The second kappa shape index (κ2) is 3.53. The fourth-order valence-electron chi connectivity index (χ4n) is 1.11. The van der Waals surface area contributed by atoms with Crippen molar-refractivity contribution in [3.05, 3.63) is 6.92 Å². The Bertz CT molecular complexity index is 123. The fourth-order valence-corrected chi connectivity index (χ4v) is 1.11. The van der Waals surface area contributed by atoms with Gasteiger partial charge >= 0.3 is 0 Å². The molecule has 0 saturated carbocycles. The van der Waals surface area contributed by atoms with Gasteiger partial charge in [0, 0.05) is 12.8 Å². The molecule has 1 rings (SSSR count). The van der Waals surface area contributed by atoms with Crippen LogP contribution in [0.5, 0.6) is 0 Å². The van der Waals surface area contributed by atoms with Crippen molar-refractivity contribution in [3.63, 3.8) is 0 Å². The van der Waals surface area contributed by atoms with Crippen LogP contribution in [0.4, 0.5) is 0 Å². The van der Waals surface area contributed by atoms with E-state index in [2.05, 4.69) is 24.1 Å². The molecule has 1 nitrogen and oxygen atoms in total. The number of hydrogen-bond acceptors (Lipinski definition) is 1. The van der Waals surface area contributed by atoms with E-state index < -0.39 is 0 Å². The molecular weight excluding hydrogens is 110 g/mol. The number of piperidine rings is 1. The topological polar surface area (TPSA) is 12.0 Å². The molecule has 1 heterocycles. The van der Waals surface area contributed by atoms with E-state index in [0.29, 0.717) is 5.92 Å². The Balaban J connectivity index is 2.28. The molecule has 1 aliphatic rings. The van der Waals surface area contributed by atoms with Crippen LogP contribution in [0.15, 0.2) is 0 Å². The summed E-state index contributed by atoms with van der Waals surface area (Å²) < 4.78 is 0. The third-order valence-electron chi connectivity index (χ3n) is 1.65. The molecule has 0 amide bonds. The Hall–Kier alpha value is -0.480. The second-order valence-corrected chi connectivity index (χ2v) is 2.35. The number of hydrogen-bond donors (Lipinski definition) is 1. The smallest absolute Gasteiger partial charge is 0.0227 e. The van der Waals surface area contributed by atoms with Crippen LogP contribution in [0.3, 0.4) is 0 Å². The molecule has 0 spiro atoms. The Morgan fingerprint density at radius 3 is 2.56 bits per heavy atom. The van der Waals surface area contributed by atoms with Crippen LogP contribution in [-0.2, 0) is 0 Å². The average Bonchev–Trinajstić information content (AvgIpc) is 1.91. The van der Waals surface area contributed by atoms with E-state index >= 15 is 0 Å². The molecule has 9 heavy (non-hydrogen) atoms. The lowest BCUT2D eigenvalue weighted by Gasteiger charge is -2.16. The lowest BCUT2D eigenvalue weighted by molar-refractivity contribution is 0.447. The summed E-state index contributed by atoms with van der Waals surface area (Å²) in [6.07, 6.45) is 2.39. The van der Waals surface area contributed by atoms with Crippen LogP contribution in [0, 0.1) is 24.7 Å². The van der Waals surface area contributed by atoms with Gasteiger partial charge in [0.1, 0.15) is 0 Å². The van der Waals surface area contributed by atoms with Crippen LogP contribution in [0.1, 0.15) is 12.8 Å². The fraction of sp³-hybridized carbons (Fsp3) is 0.625. The first-order valence-electron chi connectivity index (χ1n) is 3.42. The summed E-state index contributed by atoms with van der Waals surface area (Å²) >= 11 is 0. The lowest BCUT2D eigenvalue weighted by Crippen LogP contribution is -2.26. The van der Waals surface area contributed by atoms with E-state index in [0.717, 1.165) is 13.1 Å². The van der Waals surface area contributed by atoms with Crippen molar-refractivity contribution in [2.75, 3.05) is 13.1 Å². The van der Waals surface area contributed by atoms with Gasteiger partial charge in [-0.25, -0.2) is 0 Å². The van der Waals surface area contributed by atoms with Gasteiger partial charge in [-0.1, -0.05) is 5.92 Å². The quantitative estimate of drug-likeness (QED) is 0.469. The monoisotopic (exact) mass is 122 g/mol. The number of nitrogens with one attached hydrogen (secondary N) is 1. The van der Waals surface area contributed by atoms with E-state index in [-0.39, 0.29) is 0 Å². The first-order chi connectivity index (χ1) is 4.43. The summed E-state index contributed by atoms with van der Waals surface area (Å²) in [7, 11) is 0. The molecule has 1 N–H and O–H groups in total. The van der Waals surface area contributed by atoms with Crippen molar-refractivity contribution in [1.82, 2.24) is 5.32 Å². The summed E-state index contributed by atoms with van der Waals surface area (Å²) in [5, 5.41) is 3.28. The predicted octanol–water partition coefficient (Wildman–Crippen LogP) is 0.823. The summed E-state index contributed by atoms with van der Waals surface area (Å²) in [4.78, 5) is 0. The highest BCUT2D eigenvalue weighted by Crippen LogP contribution is 2.08. The molecule has 1 heteroatoms. The van der Waals surface area contributed by atoms with E-state index in [1.807, 2.05) is 0 Å². The van der Waals surface area contributed by atoms with Gasteiger partial charge in [-0.05, 0) is 25.9 Å². The minimum atomic E-state index is 0.615. The van der Waals surface area contributed by atoms with Crippen LogP contribution < -0.4 is 5.32 Å². The van der Waals surface area contributed by atoms with Gasteiger partial charge in [-0.15, -0.1) is 5.92 Å². The van der Waals surface area contributed by atoms with Crippen molar-refractivity contribution in [1.29, 1.82) is 0 Å². The van der Waals surface area contributed by atoms with Gasteiger partial charge in [-0.3, -0.25) is 0 Å². The molecule has 0 aromatic heterocycles. The van der Waals surface area contributed by atoms with Gasteiger partial charge in [0.05, 0.1) is 0 Å². The molecule has 1 radical (unpaired) electrons. The van der Waals surface area contributed by atoms with Crippen LogP contribution >= 0.6 is 0 Å². The van der Waals surface area contributed by atoms with E-state index in [1.165, 1.54) is 12.8 Å². The summed E-state index contributed by atoms with van der Waals surface area (Å²) in [5.74, 6) is 6.41. The number of rotatable bonds is 0. The first-order valence-corrected chi connectivity index (χ1v) is 3.42. The third kappa shape index (κ3) is 2.07. The molecule has 1 aliphatic heterocycles. The average molecular weight is 122 g/mol. The van der Waals surface area contributed by atoms with Crippen molar-refractivity contribution in [3.8, 4) is 11.8 Å². The Morgan fingerprint density at radius 2 is 2.00 bits per heavy atom. The highest BCUT2D eigenvalue weighted by Gasteiger charge is 2.08. The molecule has 0 aliphatic carbocycles. The highest BCUT2D eigenvalue weighted by atomic mass is 14.9. The second-order valence-electron chi connectivity index (χ2n) is 2.35. The summed E-state index contributed by atoms with van der Waals surface area (Å²) in [6, 6.07) is 0. The molecule has 0 unspecified atom stereocenters. The van der Waals surface area contributed by atoms with E-state index in [9.17, 15) is 0 Å². The normalized spacial score (nSPS) is 20.6. The van der Waals surface area contributed by atoms with Gasteiger partial charge in [0.15, 0.2) is 0 Å². The molecule has 0 aromatic carbocycles. The minimum absolute atomic E-state index is 0.615. The summed E-state index contributed by atoms with van der Waals surface area (Å²) in [5.41, 5.74) is 0. The molecule has 1 saturated heterocycles. The summed E-state index contributed by atoms with van der Waals surface area (Å²) in [6.45, 7) is 5.75. The maximum absolute atomic E-state index is 3.50. The SMILES string of the molecule is [CH2]C#CC1CCNCC1. The van der Waals surface area contributed by atoms with Gasteiger partial charge in [-0.2, -0.15) is 0 Å². The van der Waals surface area contributed by atoms with Crippen LogP contribution in [0.25, 0.3) is 0 Å². The predicted molar refractivity (Wildman–Crippen MR) is 38.7 cm³/mol. The molecule has 49 valence electrons. The Labute approximate surface area is 56.8 Å². The maximum atomic E-state index is 3.50. The van der Waals surface area contributed by atoms with E-state index in [4.69, 9.17) is 0 Å². The van der Waals surface area contributed by atoms with Crippen molar-refractivity contribution in [2.45, 2.75) is 12.8 Å². The van der Waals surface area contributed by atoms with Crippen LogP contribution in [0.2, 0.25) is 0 Å². The van der Waals surface area contributed by atoms with Crippen molar-refractivity contribution < 1.29 is 0 Å². The van der Waals surface area contributed by atoms with E-state index in [1.54, 1.807) is 0 Å². The zero-order valence-corrected chi connectivity index (χ0v) is 5.61. The minimum Gasteiger partial charge on any atom is -0.317 e.